The van der Waals surface area contributed by atoms with Crippen molar-refractivity contribution in [1.29, 1.82) is 0 Å². The average Bonchev–Trinajstić information content (AvgIpc) is 2.74. The van der Waals surface area contributed by atoms with Crippen LogP contribution in [0, 0.1) is 0 Å². The number of hydrogen-bond acceptors (Lipinski definition) is 5. The van der Waals surface area contributed by atoms with Gasteiger partial charge in [-0.05, 0) is 12.1 Å². The van der Waals surface area contributed by atoms with Gasteiger partial charge in [0, 0.05) is 7.05 Å². The van der Waals surface area contributed by atoms with Crippen molar-refractivity contribution in [3.8, 4) is 0 Å². The molecule has 0 atom stereocenters. The molecule has 21 heavy (non-hydrogen) atoms. The van der Waals surface area contributed by atoms with Crippen LogP contribution >= 0.6 is 46.6 Å². The second-order valence-electron chi connectivity index (χ2n) is 3.98. The predicted molar refractivity (Wildman–Crippen MR) is 86.2 cm³/mol. The number of hydrogen-bond donors (Lipinski definition) is 2. The van der Waals surface area contributed by atoms with Gasteiger partial charge in [-0.15, -0.1) is 10.2 Å². The van der Waals surface area contributed by atoms with Gasteiger partial charge in [0.1, 0.15) is 0 Å². The van der Waals surface area contributed by atoms with Gasteiger partial charge in [-0.1, -0.05) is 46.6 Å². The molecule has 0 unspecified atom stereocenters. The van der Waals surface area contributed by atoms with Gasteiger partial charge >= 0.3 is 0 Å². The summed E-state index contributed by atoms with van der Waals surface area (Å²) in [5, 5.41) is 11.7. The Morgan fingerprint density at radius 1 is 1.29 bits per heavy atom. The van der Waals surface area contributed by atoms with Crippen molar-refractivity contribution in [2.75, 3.05) is 16.8 Å². The molecule has 0 fully saturated rings. The number of anilines is 2. The third-order valence-electron chi connectivity index (χ3n) is 2.48. The van der Waals surface area contributed by atoms with Crippen LogP contribution in [0.2, 0.25) is 15.1 Å². The number of aromatic nitrogens is 3. The van der Waals surface area contributed by atoms with E-state index in [4.69, 9.17) is 40.5 Å². The predicted octanol–water partition coefficient (Wildman–Crippen LogP) is 3.09. The molecule has 1 aromatic heterocycles. The van der Waals surface area contributed by atoms with Crippen LogP contribution in [0.25, 0.3) is 0 Å². The van der Waals surface area contributed by atoms with Crippen molar-refractivity contribution in [2.24, 2.45) is 7.05 Å². The highest BCUT2D eigenvalue weighted by atomic mass is 35.5. The Hall–Kier alpha value is -1.15. The van der Waals surface area contributed by atoms with Crippen molar-refractivity contribution >= 4 is 64.1 Å². The first-order chi connectivity index (χ1) is 9.88. The summed E-state index contributed by atoms with van der Waals surface area (Å²) < 4.78 is 1.59. The average molecular weight is 367 g/mol. The largest absolute Gasteiger partial charge is 0.368 e. The van der Waals surface area contributed by atoms with Crippen LogP contribution in [0.3, 0.4) is 0 Å². The van der Waals surface area contributed by atoms with Crippen molar-refractivity contribution in [3.05, 3.63) is 27.2 Å². The monoisotopic (exact) mass is 365 g/mol. The first-order valence-electron chi connectivity index (χ1n) is 5.60. The first-order valence-corrected chi connectivity index (χ1v) is 7.72. The maximum absolute atomic E-state index is 11.9. The SMILES string of the molecule is Cn1c(N)nnc1SCC(=O)Nc1cc(Cl)c(Cl)cc1Cl. The van der Waals surface area contributed by atoms with Gasteiger partial charge in [-0.25, -0.2) is 0 Å². The Kier molecular flexibility index (Phi) is 5.21. The van der Waals surface area contributed by atoms with Crippen LogP contribution in [0.4, 0.5) is 11.6 Å². The Morgan fingerprint density at radius 2 is 1.95 bits per heavy atom. The van der Waals surface area contributed by atoms with Crippen LogP contribution < -0.4 is 11.1 Å². The lowest BCUT2D eigenvalue weighted by Crippen LogP contribution is -2.15. The van der Waals surface area contributed by atoms with Gasteiger partial charge in [-0.3, -0.25) is 9.36 Å². The molecule has 112 valence electrons. The number of rotatable bonds is 4. The van der Waals surface area contributed by atoms with Crippen molar-refractivity contribution in [2.45, 2.75) is 5.16 Å². The van der Waals surface area contributed by atoms with Gasteiger partial charge in [-0.2, -0.15) is 0 Å². The van der Waals surface area contributed by atoms with Gasteiger partial charge in [0.15, 0.2) is 5.16 Å². The number of nitrogens with one attached hydrogen (secondary N) is 1. The molecule has 1 amide bonds. The topological polar surface area (TPSA) is 85.8 Å². The fourth-order valence-corrected chi connectivity index (χ4v) is 2.70. The first kappa shape index (κ1) is 16.2. The number of nitrogen functional groups attached to an aromatic ring is 1. The Labute approximate surface area is 139 Å². The van der Waals surface area contributed by atoms with E-state index in [9.17, 15) is 4.79 Å². The number of carbonyl (C=O) groups excluding carboxylic acids is 1. The molecule has 0 aliphatic carbocycles. The highest BCUT2D eigenvalue weighted by Crippen LogP contribution is 2.32. The van der Waals surface area contributed by atoms with Gasteiger partial charge in [0.05, 0.1) is 26.5 Å². The summed E-state index contributed by atoms with van der Waals surface area (Å²) in [6.07, 6.45) is 0. The molecule has 3 N–H and O–H groups in total. The smallest absolute Gasteiger partial charge is 0.234 e. The van der Waals surface area contributed by atoms with E-state index in [2.05, 4.69) is 15.5 Å². The van der Waals surface area contributed by atoms with Gasteiger partial charge in [0.2, 0.25) is 11.9 Å². The van der Waals surface area contributed by atoms with Crippen LogP contribution in [-0.4, -0.2) is 26.4 Å². The molecular weight excluding hydrogens is 357 g/mol. The van der Waals surface area contributed by atoms with E-state index in [0.717, 1.165) is 0 Å². The van der Waals surface area contributed by atoms with E-state index in [1.54, 1.807) is 11.6 Å². The van der Waals surface area contributed by atoms with E-state index in [1.165, 1.54) is 23.9 Å². The molecule has 0 aliphatic heterocycles. The molecule has 2 rings (SSSR count). The van der Waals surface area contributed by atoms with E-state index in [0.29, 0.717) is 25.9 Å². The molecule has 0 saturated carbocycles. The van der Waals surface area contributed by atoms with Crippen molar-refractivity contribution in [3.63, 3.8) is 0 Å². The second-order valence-corrected chi connectivity index (χ2v) is 6.15. The standard InChI is InChI=1S/C11H10Cl3N5OS/c1-19-10(15)17-18-11(19)21-4-9(20)16-8-3-6(13)5(12)2-7(8)14/h2-3H,4H2,1H3,(H2,15,17)(H,16,20). The molecular formula is C11H10Cl3N5OS. The zero-order valence-corrected chi connectivity index (χ0v) is 13.8. The number of amides is 1. The number of benzene rings is 1. The number of thioether (sulfide) groups is 1. The number of halogens is 3. The molecule has 2 aromatic rings. The van der Waals surface area contributed by atoms with E-state index < -0.39 is 0 Å². The van der Waals surface area contributed by atoms with Crippen LogP contribution in [-0.2, 0) is 11.8 Å². The summed E-state index contributed by atoms with van der Waals surface area (Å²) in [5.41, 5.74) is 5.95. The molecule has 1 heterocycles. The minimum absolute atomic E-state index is 0.128. The molecule has 0 saturated heterocycles. The minimum Gasteiger partial charge on any atom is -0.368 e. The number of nitrogens with two attached hydrogens (primary N) is 1. The lowest BCUT2D eigenvalue weighted by atomic mass is 10.3. The number of nitrogens with zero attached hydrogens (tertiary/aromatic N) is 3. The lowest BCUT2D eigenvalue weighted by Gasteiger charge is -2.08. The van der Waals surface area contributed by atoms with Gasteiger partial charge < -0.3 is 11.1 Å². The summed E-state index contributed by atoms with van der Waals surface area (Å²) in [4.78, 5) is 11.9. The Morgan fingerprint density at radius 3 is 2.57 bits per heavy atom. The molecule has 6 nitrogen and oxygen atoms in total. The van der Waals surface area contributed by atoms with E-state index >= 15 is 0 Å². The summed E-state index contributed by atoms with van der Waals surface area (Å²) in [7, 11) is 1.71. The normalized spacial score (nSPS) is 10.7. The lowest BCUT2D eigenvalue weighted by molar-refractivity contribution is -0.113. The molecule has 10 heteroatoms. The maximum atomic E-state index is 11.9. The van der Waals surface area contributed by atoms with Crippen LogP contribution in [0.15, 0.2) is 17.3 Å². The molecule has 1 aromatic carbocycles. The van der Waals surface area contributed by atoms with Crippen molar-refractivity contribution in [1.82, 2.24) is 14.8 Å². The highest BCUT2D eigenvalue weighted by molar-refractivity contribution is 7.99. The molecule has 0 aliphatic rings. The Bertz CT molecular complexity index is 691. The summed E-state index contributed by atoms with van der Waals surface area (Å²) in [6.45, 7) is 0. The summed E-state index contributed by atoms with van der Waals surface area (Å²) in [5.74, 6) is 0.148. The molecule has 0 spiro atoms. The van der Waals surface area contributed by atoms with Crippen LogP contribution in [0.5, 0.6) is 0 Å². The molecule has 0 bridgehead atoms. The maximum Gasteiger partial charge on any atom is 0.234 e. The van der Waals surface area contributed by atoms with Crippen LogP contribution in [0.1, 0.15) is 0 Å². The third kappa shape index (κ3) is 3.94. The van der Waals surface area contributed by atoms with Crippen molar-refractivity contribution < 1.29 is 4.79 Å². The fourth-order valence-electron chi connectivity index (χ4n) is 1.39. The van der Waals surface area contributed by atoms with Gasteiger partial charge in [0.25, 0.3) is 0 Å². The van der Waals surface area contributed by atoms with E-state index in [1.807, 2.05) is 0 Å². The second kappa shape index (κ2) is 6.74. The molecule has 0 radical (unpaired) electrons. The minimum atomic E-state index is -0.262. The zero-order valence-electron chi connectivity index (χ0n) is 10.7. The Balaban J connectivity index is 1.99. The van der Waals surface area contributed by atoms with E-state index in [-0.39, 0.29) is 17.6 Å². The fraction of sp³-hybridized carbons (Fsp3) is 0.182. The third-order valence-corrected chi connectivity index (χ3v) is 4.54. The summed E-state index contributed by atoms with van der Waals surface area (Å²) >= 11 is 18.9. The highest BCUT2D eigenvalue weighted by Gasteiger charge is 2.12. The number of carbonyl (C=O) groups is 1. The zero-order chi connectivity index (χ0) is 15.6. The summed E-state index contributed by atoms with van der Waals surface area (Å²) in [6, 6.07) is 2.96. The quantitative estimate of drug-likeness (QED) is 0.641.